The first kappa shape index (κ1) is 15.9. The average Bonchev–Trinajstić information content (AvgIpc) is 2.87. The van der Waals surface area contributed by atoms with Crippen molar-refractivity contribution in [3.8, 4) is 0 Å². The smallest absolute Gasteiger partial charge is 0.251 e. The summed E-state index contributed by atoms with van der Waals surface area (Å²) in [5.74, 6) is -0.211. The predicted octanol–water partition coefficient (Wildman–Crippen LogP) is 0.880. The van der Waals surface area contributed by atoms with Gasteiger partial charge in [0.2, 0.25) is 5.91 Å². The number of nitrogens with zero attached hydrogens (tertiary/aromatic N) is 1. The summed E-state index contributed by atoms with van der Waals surface area (Å²) in [6, 6.07) is 1.61. The molecule has 1 aromatic heterocycles. The zero-order valence-corrected chi connectivity index (χ0v) is 12.7. The van der Waals surface area contributed by atoms with Crippen molar-refractivity contribution in [2.24, 2.45) is 11.7 Å². The molecule has 0 spiro atoms. The van der Waals surface area contributed by atoms with Crippen LogP contribution in [0.4, 0.5) is 5.00 Å². The van der Waals surface area contributed by atoms with Crippen molar-refractivity contribution < 1.29 is 14.7 Å². The lowest BCUT2D eigenvalue weighted by Gasteiger charge is -2.31. The maximum absolute atomic E-state index is 12.1. The van der Waals surface area contributed by atoms with Crippen LogP contribution in [-0.4, -0.2) is 48.1 Å². The van der Waals surface area contributed by atoms with Gasteiger partial charge in [0.05, 0.1) is 12.1 Å². The van der Waals surface area contributed by atoms with Crippen LogP contribution in [0.1, 0.15) is 29.6 Å². The van der Waals surface area contributed by atoms with Crippen molar-refractivity contribution in [1.82, 2.24) is 4.90 Å². The Morgan fingerprint density at radius 2 is 2.33 bits per heavy atom. The number of nitrogens with two attached hydrogens (primary N) is 1. The quantitative estimate of drug-likeness (QED) is 0.726. The number of aliphatic hydroxyl groups is 1. The minimum atomic E-state index is -0.535. The standard InChI is InChI=1S/C14H21N3O3S/c15-13(20)11-4-7-21-14(11)16-12(19)9-17-5-1-2-10(8-17)3-6-18/h4,7,10,18H,1-3,5-6,8-9H2,(H2,15,20)(H,16,19). The summed E-state index contributed by atoms with van der Waals surface area (Å²) in [4.78, 5) is 25.4. The zero-order chi connectivity index (χ0) is 15.2. The SMILES string of the molecule is NC(=O)c1ccsc1NC(=O)CN1CCCC(CCO)C1. The Labute approximate surface area is 127 Å². The van der Waals surface area contributed by atoms with Crippen LogP contribution in [0.15, 0.2) is 11.4 Å². The molecule has 7 heteroatoms. The van der Waals surface area contributed by atoms with Crippen LogP contribution in [0.2, 0.25) is 0 Å². The Kier molecular flexibility index (Phi) is 5.72. The monoisotopic (exact) mass is 311 g/mol. The largest absolute Gasteiger partial charge is 0.396 e. The van der Waals surface area contributed by atoms with Crippen molar-refractivity contribution in [3.63, 3.8) is 0 Å². The van der Waals surface area contributed by atoms with Crippen LogP contribution >= 0.6 is 11.3 Å². The molecule has 4 N–H and O–H groups in total. The number of hydrogen-bond acceptors (Lipinski definition) is 5. The fourth-order valence-corrected chi connectivity index (χ4v) is 3.49. The van der Waals surface area contributed by atoms with E-state index in [0.717, 1.165) is 32.4 Å². The number of anilines is 1. The number of nitrogens with one attached hydrogen (secondary N) is 1. The number of carbonyl (C=O) groups is 2. The lowest BCUT2D eigenvalue weighted by Crippen LogP contribution is -2.40. The van der Waals surface area contributed by atoms with E-state index < -0.39 is 5.91 Å². The topological polar surface area (TPSA) is 95.7 Å². The normalized spacial score (nSPS) is 19.4. The second kappa shape index (κ2) is 7.53. The van der Waals surface area contributed by atoms with Crippen molar-refractivity contribution in [3.05, 3.63) is 17.0 Å². The number of carbonyl (C=O) groups excluding carboxylic acids is 2. The van der Waals surface area contributed by atoms with Crippen LogP contribution < -0.4 is 11.1 Å². The number of likely N-dealkylation sites (tertiary alicyclic amines) is 1. The lowest BCUT2D eigenvalue weighted by molar-refractivity contribution is -0.117. The van der Waals surface area contributed by atoms with Gasteiger partial charge in [0, 0.05) is 13.2 Å². The molecule has 1 aromatic rings. The minimum absolute atomic E-state index is 0.135. The molecule has 116 valence electrons. The molecular formula is C14H21N3O3S. The van der Waals surface area contributed by atoms with E-state index in [4.69, 9.17) is 10.8 Å². The molecule has 1 aliphatic rings. The number of hydrogen-bond donors (Lipinski definition) is 3. The molecule has 1 unspecified atom stereocenters. The van der Waals surface area contributed by atoms with Crippen molar-refractivity contribution in [1.29, 1.82) is 0 Å². The van der Waals surface area contributed by atoms with Gasteiger partial charge in [-0.3, -0.25) is 14.5 Å². The molecule has 1 fully saturated rings. The number of aliphatic hydroxyl groups excluding tert-OH is 1. The Morgan fingerprint density at radius 1 is 1.52 bits per heavy atom. The minimum Gasteiger partial charge on any atom is -0.396 e. The van der Waals surface area contributed by atoms with E-state index in [1.54, 1.807) is 11.4 Å². The second-order valence-electron chi connectivity index (χ2n) is 5.33. The van der Waals surface area contributed by atoms with Crippen LogP contribution in [0.5, 0.6) is 0 Å². The van der Waals surface area contributed by atoms with Gasteiger partial charge in [0.1, 0.15) is 5.00 Å². The van der Waals surface area contributed by atoms with Gasteiger partial charge in [-0.05, 0) is 43.2 Å². The van der Waals surface area contributed by atoms with Crippen molar-refractivity contribution >= 4 is 28.2 Å². The number of primary amides is 1. The maximum atomic E-state index is 12.1. The molecule has 1 atom stereocenters. The first-order valence-electron chi connectivity index (χ1n) is 7.10. The Bertz CT molecular complexity index is 501. The average molecular weight is 311 g/mol. The molecule has 1 aliphatic heterocycles. The van der Waals surface area contributed by atoms with Crippen LogP contribution in [0.3, 0.4) is 0 Å². The van der Waals surface area contributed by atoms with Gasteiger partial charge in [-0.15, -0.1) is 11.3 Å². The van der Waals surface area contributed by atoms with Crippen LogP contribution in [0, 0.1) is 5.92 Å². The summed E-state index contributed by atoms with van der Waals surface area (Å²) < 4.78 is 0. The Balaban J connectivity index is 1.86. The van der Waals surface area contributed by atoms with Gasteiger partial charge < -0.3 is 16.2 Å². The highest BCUT2D eigenvalue weighted by molar-refractivity contribution is 7.14. The molecule has 2 amide bonds. The van der Waals surface area contributed by atoms with Gasteiger partial charge in [-0.2, -0.15) is 0 Å². The first-order valence-corrected chi connectivity index (χ1v) is 7.98. The fourth-order valence-electron chi connectivity index (χ4n) is 2.68. The predicted molar refractivity (Wildman–Crippen MR) is 82.3 cm³/mol. The van der Waals surface area contributed by atoms with E-state index in [2.05, 4.69) is 10.2 Å². The number of piperidine rings is 1. The summed E-state index contributed by atoms with van der Waals surface area (Å²) in [5, 5.41) is 14.0. The zero-order valence-electron chi connectivity index (χ0n) is 11.9. The van der Waals surface area contributed by atoms with E-state index in [1.807, 2.05) is 0 Å². The molecule has 0 aliphatic carbocycles. The highest BCUT2D eigenvalue weighted by Gasteiger charge is 2.22. The van der Waals surface area contributed by atoms with Gasteiger partial charge >= 0.3 is 0 Å². The maximum Gasteiger partial charge on any atom is 0.251 e. The van der Waals surface area contributed by atoms with Crippen LogP contribution in [-0.2, 0) is 4.79 Å². The highest BCUT2D eigenvalue weighted by atomic mass is 32.1. The van der Waals surface area contributed by atoms with E-state index in [9.17, 15) is 9.59 Å². The number of rotatable bonds is 6. The highest BCUT2D eigenvalue weighted by Crippen LogP contribution is 2.23. The van der Waals surface area contributed by atoms with Crippen LogP contribution in [0.25, 0.3) is 0 Å². The van der Waals surface area contributed by atoms with Gasteiger partial charge in [-0.1, -0.05) is 0 Å². The van der Waals surface area contributed by atoms with Crippen molar-refractivity contribution in [2.45, 2.75) is 19.3 Å². The third-order valence-corrected chi connectivity index (χ3v) is 4.52. The fraction of sp³-hybridized carbons (Fsp3) is 0.571. The summed E-state index contributed by atoms with van der Waals surface area (Å²) in [6.45, 7) is 2.23. The third-order valence-electron chi connectivity index (χ3n) is 3.69. The molecule has 0 radical (unpaired) electrons. The first-order chi connectivity index (χ1) is 10.1. The summed E-state index contributed by atoms with van der Waals surface area (Å²) in [5.41, 5.74) is 5.60. The van der Waals surface area contributed by atoms with E-state index in [-0.39, 0.29) is 12.5 Å². The Morgan fingerprint density at radius 3 is 3.05 bits per heavy atom. The third kappa shape index (κ3) is 4.52. The van der Waals surface area contributed by atoms with Gasteiger partial charge in [-0.25, -0.2) is 0 Å². The molecule has 0 aromatic carbocycles. The van der Waals surface area contributed by atoms with Gasteiger partial charge in [0.25, 0.3) is 5.91 Å². The van der Waals surface area contributed by atoms with E-state index >= 15 is 0 Å². The van der Waals surface area contributed by atoms with E-state index in [0.29, 0.717) is 23.0 Å². The van der Waals surface area contributed by atoms with Crippen molar-refractivity contribution in [2.75, 3.05) is 31.6 Å². The molecule has 0 bridgehead atoms. The van der Waals surface area contributed by atoms with Gasteiger partial charge in [0.15, 0.2) is 0 Å². The number of amides is 2. The summed E-state index contributed by atoms with van der Waals surface area (Å²) in [7, 11) is 0. The molecule has 2 heterocycles. The molecule has 6 nitrogen and oxygen atoms in total. The summed E-state index contributed by atoms with van der Waals surface area (Å²) >= 11 is 1.29. The summed E-state index contributed by atoms with van der Waals surface area (Å²) in [6.07, 6.45) is 2.94. The molecule has 0 saturated carbocycles. The van der Waals surface area contributed by atoms with E-state index in [1.165, 1.54) is 11.3 Å². The molecular weight excluding hydrogens is 290 g/mol. The number of thiophene rings is 1. The molecule has 1 saturated heterocycles. The molecule has 2 rings (SSSR count). The lowest BCUT2D eigenvalue weighted by atomic mass is 9.95. The Hall–Kier alpha value is -1.44. The molecule has 21 heavy (non-hydrogen) atoms. The second-order valence-corrected chi connectivity index (χ2v) is 6.25.